The quantitative estimate of drug-likeness (QED) is 0.646. The zero-order valence-corrected chi connectivity index (χ0v) is 16.5. The molecule has 6 nitrogen and oxygen atoms in total. The van der Waals surface area contributed by atoms with Crippen LogP contribution in [-0.2, 0) is 0 Å². The molecule has 0 aliphatic carbocycles. The molecule has 0 bridgehead atoms. The summed E-state index contributed by atoms with van der Waals surface area (Å²) in [6.45, 7) is 8.65. The molecule has 28 heavy (non-hydrogen) atoms. The van der Waals surface area contributed by atoms with Gasteiger partial charge in [-0.2, -0.15) is 0 Å². The molecule has 3 rings (SSSR count). The predicted molar refractivity (Wildman–Crippen MR) is 112 cm³/mol. The molecular formula is C22H24N4O2. The average molecular weight is 376 g/mol. The van der Waals surface area contributed by atoms with Gasteiger partial charge in [0.25, 0.3) is 5.91 Å². The van der Waals surface area contributed by atoms with Gasteiger partial charge in [0.05, 0.1) is 6.61 Å². The van der Waals surface area contributed by atoms with Gasteiger partial charge in [-0.3, -0.25) is 4.79 Å². The lowest BCUT2D eigenvalue weighted by atomic mass is 10.1. The second-order valence-electron chi connectivity index (χ2n) is 6.58. The number of aromatic nitrogens is 2. The standard InChI is InChI=1S/C22H24N4O2/c1-5-28-18-8-6-17(7-9-18)24-21(27)19-10-11-23-22(25-19)26-20-15(3)12-14(2)13-16(20)4/h6-13H,5H2,1-4H3,(H,24,27)(H,23,25,26). The average Bonchev–Trinajstić information content (AvgIpc) is 2.66. The van der Waals surface area contributed by atoms with Crippen LogP contribution in [0.3, 0.4) is 0 Å². The lowest BCUT2D eigenvalue weighted by molar-refractivity contribution is 0.102. The van der Waals surface area contributed by atoms with Crippen molar-refractivity contribution in [2.45, 2.75) is 27.7 Å². The van der Waals surface area contributed by atoms with Crippen molar-refractivity contribution in [3.63, 3.8) is 0 Å². The second-order valence-corrected chi connectivity index (χ2v) is 6.58. The van der Waals surface area contributed by atoms with Crippen LogP contribution < -0.4 is 15.4 Å². The lowest BCUT2D eigenvalue weighted by Crippen LogP contribution is -2.15. The van der Waals surface area contributed by atoms with Gasteiger partial charge < -0.3 is 15.4 Å². The molecule has 2 N–H and O–H groups in total. The highest BCUT2D eigenvalue weighted by atomic mass is 16.5. The maximum absolute atomic E-state index is 12.5. The van der Waals surface area contributed by atoms with Crippen molar-refractivity contribution in [2.75, 3.05) is 17.2 Å². The van der Waals surface area contributed by atoms with E-state index < -0.39 is 0 Å². The number of benzene rings is 2. The van der Waals surface area contributed by atoms with Crippen LogP contribution in [0.1, 0.15) is 34.1 Å². The van der Waals surface area contributed by atoms with Crippen LogP contribution in [0.25, 0.3) is 0 Å². The number of carbonyl (C=O) groups excluding carboxylic acids is 1. The SMILES string of the molecule is CCOc1ccc(NC(=O)c2ccnc(Nc3c(C)cc(C)cc3C)n2)cc1. The van der Waals surface area contributed by atoms with Gasteiger partial charge in [0.15, 0.2) is 0 Å². The van der Waals surface area contributed by atoms with Crippen LogP contribution >= 0.6 is 0 Å². The molecule has 0 radical (unpaired) electrons. The van der Waals surface area contributed by atoms with Crippen molar-refractivity contribution in [1.82, 2.24) is 9.97 Å². The van der Waals surface area contributed by atoms with Gasteiger partial charge in [-0.1, -0.05) is 17.7 Å². The molecule has 0 fully saturated rings. The third-order valence-electron chi connectivity index (χ3n) is 4.23. The summed E-state index contributed by atoms with van der Waals surface area (Å²) < 4.78 is 5.41. The number of carbonyl (C=O) groups is 1. The monoisotopic (exact) mass is 376 g/mol. The smallest absolute Gasteiger partial charge is 0.274 e. The van der Waals surface area contributed by atoms with E-state index in [4.69, 9.17) is 4.74 Å². The molecule has 1 aromatic heterocycles. The molecule has 2 aromatic carbocycles. The number of nitrogens with zero attached hydrogens (tertiary/aromatic N) is 2. The molecular weight excluding hydrogens is 352 g/mol. The van der Waals surface area contributed by atoms with E-state index in [1.54, 1.807) is 24.4 Å². The van der Waals surface area contributed by atoms with Gasteiger partial charge in [-0.25, -0.2) is 9.97 Å². The number of hydrogen-bond donors (Lipinski definition) is 2. The number of anilines is 3. The van der Waals surface area contributed by atoms with E-state index in [0.717, 1.165) is 22.6 Å². The van der Waals surface area contributed by atoms with Gasteiger partial charge in [0.1, 0.15) is 11.4 Å². The van der Waals surface area contributed by atoms with Crippen LogP contribution in [0.4, 0.5) is 17.3 Å². The van der Waals surface area contributed by atoms with Gasteiger partial charge in [-0.15, -0.1) is 0 Å². The van der Waals surface area contributed by atoms with Crippen LogP contribution in [0.15, 0.2) is 48.7 Å². The number of hydrogen-bond acceptors (Lipinski definition) is 5. The Hall–Kier alpha value is -3.41. The first-order valence-corrected chi connectivity index (χ1v) is 9.18. The Morgan fingerprint density at radius 3 is 2.36 bits per heavy atom. The molecule has 0 saturated heterocycles. The third kappa shape index (κ3) is 4.65. The topological polar surface area (TPSA) is 76.1 Å². The lowest BCUT2D eigenvalue weighted by Gasteiger charge is -2.13. The molecule has 6 heteroatoms. The highest BCUT2D eigenvalue weighted by molar-refractivity contribution is 6.03. The normalized spacial score (nSPS) is 10.4. The minimum Gasteiger partial charge on any atom is -0.494 e. The summed E-state index contributed by atoms with van der Waals surface area (Å²) in [6.07, 6.45) is 1.57. The maximum Gasteiger partial charge on any atom is 0.274 e. The molecule has 0 aliphatic heterocycles. The zero-order valence-electron chi connectivity index (χ0n) is 16.5. The molecule has 1 heterocycles. The number of nitrogens with one attached hydrogen (secondary N) is 2. The summed E-state index contributed by atoms with van der Waals surface area (Å²) >= 11 is 0. The minimum absolute atomic E-state index is 0.286. The first-order valence-electron chi connectivity index (χ1n) is 9.18. The molecule has 1 amide bonds. The fourth-order valence-corrected chi connectivity index (χ4v) is 3.03. The molecule has 3 aromatic rings. The molecule has 0 atom stereocenters. The summed E-state index contributed by atoms with van der Waals surface area (Å²) in [5.74, 6) is 0.846. The van der Waals surface area contributed by atoms with E-state index in [9.17, 15) is 4.79 Å². The Bertz CT molecular complexity index is 961. The molecule has 0 spiro atoms. The second kappa shape index (κ2) is 8.52. The van der Waals surface area contributed by atoms with Crippen LogP contribution in [-0.4, -0.2) is 22.5 Å². The van der Waals surface area contributed by atoms with Crippen LogP contribution in [0, 0.1) is 20.8 Å². The Labute approximate surface area is 165 Å². The summed E-state index contributed by atoms with van der Waals surface area (Å²) in [6, 6.07) is 13.0. The molecule has 0 saturated carbocycles. The highest BCUT2D eigenvalue weighted by Gasteiger charge is 2.11. The molecule has 0 aliphatic rings. The first-order chi connectivity index (χ1) is 13.5. The largest absolute Gasteiger partial charge is 0.494 e. The van der Waals surface area contributed by atoms with Gasteiger partial charge in [0.2, 0.25) is 5.95 Å². The Morgan fingerprint density at radius 1 is 1.04 bits per heavy atom. The van der Waals surface area contributed by atoms with Crippen molar-refractivity contribution in [3.05, 3.63) is 71.0 Å². The molecule has 144 valence electrons. The van der Waals surface area contributed by atoms with Crippen molar-refractivity contribution in [2.24, 2.45) is 0 Å². The van der Waals surface area contributed by atoms with E-state index in [1.165, 1.54) is 5.56 Å². The highest BCUT2D eigenvalue weighted by Crippen LogP contribution is 2.24. The fraction of sp³-hybridized carbons (Fsp3) is 0.227. The minimum atomic E-state index is -0.299. The third-order valence-corrected chi connectivity index (χ3v) is 4.23. The Kier molecular flexibility index (Phi) is 5.89. The van der Waals surface area contributed by atoms with E-state index in [0.29, 0.717) is 18.2 Å². The zero-order chi connectivity index (χ0) is 20.1. The Morgan fingerprint density at radius 2 is 1.71 bits per heavy atom. The van der Waals surface area contributed by atoms with Gasteiger partial charge >= 0.3 is 0 Å². The maximum atomic E-state index is 12.5. The van der Waals surface area contributed by atoms with Gasteiger partial charge in [0, 0.05) is 17.6 Å². The van der Waals surface area contributed by atoms with Crippen molar-refractivity contribution in [1.29, 1.82) is 0 Å². The number of aryl methyl sites for hydroxylation is 3. The molecule has 0 unspecified atom stereocenters. The fourth-order valence-electron chi connectivity index (χ4n) is 3.03. The van der Waals surface area contributed by atoms with Gasteiger partial charge in [-0.05, 0) is 69.2 Å². The van der Waals surface area contributed by atoms with E-state index in [1.807, 2.05) is 32.9 Å². The van der Waals surface area contributed by atoms with Crippen molar-refractivity contribution in [3.8, 4) is 5.75 Å². The predicted octanol–water partition coefficient (Wildman–Crippen LogP) is 4.80. The Balaban J connectivity index is 1.74. The summed E-state index contributed by atoms with van der Waals surface area (Å²) in [5.41, 5.74) is 5.32. The summed E-state index contributed by atoms with van der Waals surface area (Å²) in [5, 5.41) is 6.07. The van der Waals surface area contributed by atoms with E-state index in [2.05, 4.69) is 39.7 Å². The summed E-state index contributed by atoms with van der Waals surface area (Å²) in [4.78, 5) is 21.1. The van der Waals surface area contributed by atoms with E-state index >= 15 is 0 Å². The number of rotatable bonds is 6. The first kappa shape index (κ1) is 19.4. The van der Waals surface area contributed by atoms with Crippen molar-refractivity contribution < 1.29 is 9.53 Å². The van der Waals surface area contributed by atoms with Crippen molar-refractivity contribution >= 4 is 23.2 Å². The number of ether oxygens (including phenoxy) is 1. The van der Waals surface area contributed by atoms with E-state index in [-0.39, 0.29) is 11.6 Å². The summed E-state index contributed by atoms with van der Waals surface area (Å²) in [7, 11) is 0. The number of amides is 1. The van der Waals surface area contributed by atoms with Crippen LogP contribution in [0.5, 0.6) is 5.75 Å². The van der Waals surface area contributed by atoms with Crippen LogP contribution in [0.2, 0.25) is 0 Å².